The zero-order valence-electron chi connectivity index (χ0n) is 18.4. The van der Waals surface area contributed by atoms with Gasteiger partial charge in [0.2, 0.25) is 5.90 Å². The summed E-state index contributed by atoms with van der Waals surface area (Å²) in [6.45, 7) is 2.66. The molecule has 1 heterocycles. The van der Waals surface area contributed by atoms with Gasteiger partial charge in [0.05, 0.1) is 22.1 Å². The number of rotatable bonds is 8. The fourth-order valence-corrected chi connectivity index (χ4v) is 3.74. The zero-order valence-corrected chi connectivity index (χ0v) is 20.7. The largest absolute Gasteiger partial charge is 0.490 e. The first kappa shape index (κ1) is 24.4. The molecule has 0 amide bonds. The van der Waals surface area contributed by atoms with Crippen LogP contribution in [0.3, 0.4) is 0 Å². The van der Waals surface area contributed by atoms with Crippen LogP contribution in [0.1, 0.15) is 23.6 Å². The lowest BCUT2D eigenvalue weighted by Crippen LogP contribution is -2.06. The molecule has 35 heavy (non-hydrogen) atoms. The van der Waals surface area contributed by atoms with E-state index in [1.807, 2.05) is 31.2 Å². The number of esters is 1. The molecule has 1 aliphatic rings. The summed E-state index contributed by atoms with van der Waals surface area (Å²) in [7, 11) is 0. The van der Waals surface area contributed by atoms with Gasteiger partial charge >= 0.3 is 5.97 Å². The molecular weight excluding hydrogens is 540 g/mol. The topological polar surface area (TPSA) is 100 Å². The third-order valence-electron chi connectivity index (χ3n) is 4.89. The van der Waals surface area contributed by atoms with Crippen LogP contribution in [-0.4, -0.2) is 23.4 Å². The molecule has 0 bridgehead atoms. The van der Waals surface area contributed by atoms with Gasteiger partial charge in [-0.05, 0) is 54.5 Å². The molecule has 8 nitrogen and oxygen atoms in total. The number of ether oxygens (including phenoxy) is 3. The first-order valence-corrected chi connectivity index (χ1v) is 11.6. The highest BCUT2D eigenvalue weighted by Gasteiger charge is 2.26. The van der Waals surface area contributed by atoms with Crippen molar-refractivity contribution in [2.24, 2.45) is 4.99 Å². The number of hydrogen-bond acceptors (Lipinski definition) is 7. The van der Waals surface area contributed by atoms with Gasteiger partial charge < -0.3 is 14.2 Å². The van der Waals surface area contributed by atoms with Gasteiger partial charge in [-0.2, -0.15) is 0 Å². The number of carbonyl (C=O) groups is 1. The van der Waals surface area contributed by atoms with Gasteiger partial charge in [-0.15, -0.1) is 0 Å². The lowest BCUT2D eigenvalue weighted by molar-refractivity contribution is -0.384. The molecule has 3 aromatic carbocycles. The number of non-ortho nitro benzene ring substituents is 1. The summed E-state index contributed by atoms with van der Waals surface area (Å²) in [5.74, 6) is 0.393. The molecule has 0 saturated heterocycles. The van der Waals surface area contributed by atoms with Crippen LogP contribution >= 0.6 is 27.5 Å². The monoisotopic (exact) mass is 556 g/mol. The highest BCUT2D eigenvalue weighted by molar-refractivity contribution is 9.10. The summed E-state index contributed by atoms with van der Waals surface area (Å²) in [4.78, 5) is 27.0. The first-order valence-electron chi connectivity index (χ1n) is 10.4. The number of hydrogen-bond donors (Lipinski definition) is 0. The van der Waals surface area contributed by atoms with Crippen LogP contribution < -0.4 is 9.47 Å². The van der Waals surface area contributed by atoms with Crippen LogP contribution in [0.5, 0.6) is 11.5 Å². The van der Waals surface area contributed by atoms with Gasteiger partial charge in [0.1, 0.15) is 6.61 Å². The second-order valence-corrected chi connectivity index (χ2v) is 8.63. The summed E-state index contributed by atoms with van der Waals surface area (Å²) in [5.41, 5.74) is 1.81. The summed E-state index contributed by atoms with van der Waals surface area (Å²) in [6, 6.07) is 16.9. The molecule has 0 spiro atoms. The molecule has 1 aliphatic heterocycles. The minimum Gasteiger partial charge on any atom is -0.490 e. The van der Waals surface area contributed by atoms with Crippen LogP contribution in [0.25, 0.3) is 6.08 Å². The molecule has 0 radical (unpaired) electrons. The summed E-state index contributed by atoms with van der Waals surface area (Å²) >= 11 is 9.55. The van der Waals surface area contributed by atoms with Crippen molar-refractivity contribution in [3.05, 3.63) is 103 Å². The molecule has 0 unspecified atom stereocenters. The Morgan fingerprint density at radius 2 is 1.86 bits per heavy atom. The fraction of sp³-hybridized carbons (Fsp3) is 0.120. The maximum atomic E-state index is 12.4. The van der Waals surface area contributed by atoms with E-state index >= 15 is 0 Å². The van der Waals surface area contributed by atoms with Crippen LogP contribution in [0.2, 0.25) is 5.02 Å². The van der Waals surface area contributed by atoms with E-state index in [0.717, 1.165) is 10.0 Å². The summed E-state index contributed by atoms with van der Waals surface area (Å²) in [5, 5.41) is 11.0. The van der Waals surface area contributed by atoms with Gasteiger partial charge in [0.15, 0.2) is 17.2 Å². The number of halogens is 2. The lowest BCUT2D eigenvalue weighted by atomic mass is 10.1. The molecule has 0 atom stereocenters. The van der Waals surface area contributed by atoms with Crippen LogP contribution in [0.4, 0.5) is 5.69 Å². The third kappa shape index (κ3) is 5.87. The number of benzene rings is 3. The van der Waals surface area contributed by atoms with Gasteiger partial charge in [-0.1, -0.05) is 45.7 Å². The van der Waals surface area contributed by atoms with E-state index in [9.17, 15) is 14.9 Å². The molecule has 178 valence electrons. The SMILES string of the molecule is CCOc1cc(/C=C2\N=C(c3ccc([N+](=O)[O-])cc3Cl)OC2=O)ccc1OCc1ccc(Br)cc1. The fourth-order valence-electron chi connectivity index (χ4n) is 3.22. The Balaban J connectivity index is 1.56. The van der Waals surface area contributed by atoms with E-state index < -0.39 is 10.9 Å². The second kappa shape index (κ2) is 10.7. The molecule has 0 aliphatic carbocycles. The van der Waals surface area contributed by atoms with E-state index in [4.69, 9.17) is 25.8 Å². The first-order chi connectivity index (χ1) is 16.8. The van der Waals surface area contributed by atoms with Crippen molar-refractivity contribution >= 4 is 51.2 Å². The van der Waals surface area contributed by atoms with Crippen molar-refractivity contribution in [1.82, 2.24) is 0 Å². The number of nitro groups is 1. The average Bonchev–Trinajstić information content (AvgIpc) is 3.19. The predicted molar refractivity (Wildman–Crippen MR) is 135 cm³/mol. The molecule has 4 rings (SSSR count). The standard InChI is InChI=1S/C25H18BrClN2O6/c1-2-33-23-12-16(5-10-22(23)34-14-15-3-6-17(26)7-4-15)11-21-25(30)35-24(28-21)19-9-8-18(29(31)32)13-20(19)27/h3-13H,2,14H2,1H3/b21-11-. The normalized spacial score (nSPS) is 14.0. The highest BCUT2D eigenvalue weighted by atomic mass is 79.9. The quantitative estimate of drug-likeness (QED) is 0.139. The lowest BCUT2D eigenvalue weighted by Gasteiger charge is -2.13. The molecule has 0 fully saturated rings. The van der Waals surface area contributed by atoms with Crippen molar-refractivity contribution < 1.29 is 23.9 Å². The Labute approximate surface area is 214 Å². The minimum atomic E-state index is -0.664. The molecular formula is C25H18BrClN2O6. The van der Waals surface area contributed by atoms with E-state index in [-0.39, 0.29) is 27.9 Å². The maximum Gasteiger partial charge on any atom is 0.363 e. The third-order valence-corrected chi connectivity index (χ3v) is 5.73. The zero-order chi connectivity index (χ0) is 24.9. The Bertz CT molecular complexity index is 1350. The number of carbonyl (C=O) groups excluding carboxylic acids is 1. The molecule has 0 N–H and O–H groups in total. The minimum absolute atomic E-state index is 0.0272. The van der Waals surface area contributed by atoms with E-state index in [2.05, 4.69) is 20.9 Å². The number of nitrogens with zero attached hydrogens (tertiary/aromatic N) is 2. The molecule has 10 heteroatoms. The Hall–Kier alpha value is -3.69. The second-order valence-electron chi connectivity index (χ2n) is 7.31. The van der Waals surface area contributed by atoms with Crippen LogP contribution in [0.15, 0.2) is 75.8 Å². The highest BCUT2D eigenvalue weighted by Crippen LogP contribution is 2.32. The van der Waals surface area contributed by atoms with Gasteiger partial charge in [0.25, 0.3) is 5.69 Å². The molecule has 0 aromatic heterocycles. The van der Waals surface area contributed by atoms with E-state index in [1.54, 1.807) is 24.3 Å². The Kier molecular flexibility index (Phi) is 7.48. The van der Waals surface area contributed by atoms with Crippen LogP contribution in [0, 0.1) is 10.1 Å². The van der Waals surface area contributed by atoms with Gasteiger partial charge in [-0.25, -0.2) is 9.79 Å². The molecule has 3 aromatic rings. The predicted octanol–water partition coefficient (Wildman–Crippen LogP) is 6.33. The van der Waals surface area contributed by atoms with Gasteiger partial charge in [-0.3, -0.25) is 10.1 Å². The van der Waals surface area contributed by atoms with E-state index in [1.165, 1.54) is 18.2 Å². The van der Waals surface area contributed by atoms with E-state index in [0.29, 0.717) is 30.3 Å². The number of nitro benzene ring substituents is 1. The Morgan fingerprint density at radius 3 is 2.54 bits per heavy atom. The van der Waals surface area contributed by atoms with Crippen molar-refractivity contribution in [1.29, 1.82) is 0 Å². The Morgan fingerprint density at radius 1 is 1.09 bits per heavy atom. The van der Waals surface area contributed by atoms with Crippen molar-refractivity contribution in [2.75, 3.05) is 6.61 Å². The number of aliphatic imine (C=N–C) groups is 1. The van der Waals surface area contributed by atoms with Crippen molar-refractivity contribution in [3.8, 4) is 11.5 Å². The number of cyclic esters (lactones) is 1. The summed E-state index contributed by atoms with van der Waals surface area (Å²) < 4.78 is 17.9. The van der Waals surface area contributed by atoms with Crippen molar-refractivity contribution in [3.63, 3.8) is 0 Å². The van der Waals surface area contributed by atoms with Crippen LogP contribution in [-0.2, 0) is 16.1 Å². The smallest absolute Gasteiger partial charge is 0.363 e. The maximum absolute atomic E-state index is 12.4. The summed E-state index contributed by atoms with van der Waals surface area (Å²) in [6.07, 6.45) is 1.55. The van der Waals surface area contributed by atoms with Crippen molar-refractivity contribution in [2.45, 2.75) is 13.5 Å². The average molecular weight is 558 g/mol. The molecule has 0 saturated carbocycles. The van der Waals surface area contributed by atoms with Gasteiger partial charge in [0, 0.05) is 16.6 Å².